The molecule has 1 atom stereocenters. The van der Waals surface area contributed by atoms with E-state index < -0.39 is 0 Å². The first kappa shape index (κ1) is 17.9. The number of H-pyrrole nitrogens is 2. The van der Waals surface area contributed by atoms with Crippen LogP contribution in [0.4, 0.5) is 0 Å². The standard InChI is InChI=1S/C19H19N5OS2/c1-9-5-7-13(8-6-9)16-22-19(24-23-16)27-12(4)15-20-17(25)14-10(2)11(3)26-18(14)21-15/h5-8,12H,1-4H3,(H,20,21,25)(H,22,23,24). The van der Waals surface area contributed by atoms with E-state index in [1.807, 2.05) is 52.0 Å². The Bertz CT molecular complexity index is 1170. The van der Waals surface area contributed by atoms with Crippen molar-refractivity contribution in [3.8, 4) is 11.4 Å². The van der Waals surface area contributed by atoms with Crippen molar-refractivity contribution >= 4 is 33.3 Å². The minimum absolute atomic E-state index is 0.0773. The molecule has 0 saturated heterocycles. The van der Waals surface area contributed by atoms with Crippen molar-refractivity contribution in [1.82, 2.24) is 25.1 Å². The second-order valence-electron chi connectivity index (χ2n) is 6.51. The number of aromatic nitrogens is 5. The van der Waals surface area contributed by atoms with E-state index in [2.05, 4.69) is 25.1 Å². The van der Waals surface area contributed by atoms with E-state index in [0.717, 1.165) is 26.7 Å². The lowest BCUT2D eigenvalue weighted by atomic mass is 10.1. The van der Waals surface area contributed by atoms with Gasteiger partial charge in [-0.3, -0.25) is 9.89 Å². The second kappa shape index (κ2) is 6.94. The van der Waals surface area contributed by atoms with Crippen molar-refractivity contribution in [2.24, 2.45) is 0 Å². The summed E-state index contributed by atoms with van der Waals surface area (Å²) < 4.78 is 0. The van der Waals surface area contributed by atoms with Gasteiger partial charge in [-0.15, -0.1) is 16.4 Å². The predicted molar refractivity (Wildman–Crippen MR) is 111 cm³/mol. The first-order chi connectivity index (χ1) is 12.9. The SMILES string of the molecule is Cc1ccc(-c2nc(SC(C)c3nc4sc(C)c(C)c4c(=O)[nH]3)n[nH]2)cc1. The predicted octanol–water partition coefficient (Wildman–Crippen LogP) is 4.55. The van der Waals surface area contributed by atoms with Crippen molar-refractivity contribution in [3.05, 3.63) is 56.4 Å². The van der Waals surface area contributed by atoms with Gasteiger partial charge >= 0.3 is 0 Å². The number of benzene rings is 1. The lowest BCUT2D eigenvalue weighted by Gasteiger charge is -2.07. The number of hydrogen-bond acceptors (Lipinski definition) is 6. The molecule has 1 aromatic carbocycles. The molecule has 0 aliphatic rings. The Hall–Kier alpha value is -2.45. The van der Waals surface area contributed by atoms with Crippen LogP contribution in [0.2, 0.25) is 0 Å². The van der Waals surface area contributed by atoms with E-state index >= 15 is 0 Å². The third kappa shape index (κ3) is 3.42. The zero-order valence-corrected chi connectivity index (χ0v) is 17.1. The lowest BCUT2D eigenvalue weighted by Crippen LogP contribution is -2.12. The molecule has 138 valence electrons. The Labute approximate surface area is 164 Å². The molecule has 2 N–H and O–H groups in total. The summed E-state index contributed by atoms with van der Waals surface area (Å²) in [5.74, 6) is 1.37. The molecule has 0 amide bonds. The number of thioether (sulfide) groups is 1. The molecule has 4 aromatic rings. The zero-order valence-electron chi connectivity index (χ0n) is 15.5. The highest BCUT2D eigenvalue weighted by Crippen LogP contribution is 2.33. The Morgan fingerprint density at radius 3 is 2.59 bits per heavy atom. The van der Waals surface area contributed by atoms with Gasteiger partial charge in [-0.1, -0.05) is 41.6 Å². The topological polar surface area (TPSA) is 87.3 Å². The maximum absolute atomic E-state index is 12.5. The molecule has 6 nitrogen and oxygen atoms in total. The van der Waals surface area contributed by atoms with E-state index in [1.54, 1.807) is 11.3 Å². The maximum atomic E-state index is 12.5. The summed E-state index contributed by atoms with van der Waals surface area (Å²) in [5, 5.41) is 8.51. The van der Waals surface area contributed by atoms with Gasteiger partial charge in [0.15, 0.2) is 5.82 Å². The van der Waals surface area contributed by atoms with Gasteiger partial charge in [0.25, 0.3) is 5.56 Å². The van der Waals surface area contributed by atoms with Crippen LogP contribution in [0.25, 0.3) is 21.6 Å². The molecule has 0 radical (unpaired) electrons. The first-order valence-electron chi connectivity index (χ1n) is 8.58. The molecule has 0 bridgehead atoms. The highest BCUT2D eigenvalue weighted by molar-refractivity contribution is 7.99. The fourth-order valence-corrected chi connectivity index (χ4v) is 4.64. The third-order valence-electron chi connectivity index (χ3n) is 4.51. The smallest absolute Gasteiger partial charge is 0.259 e. The first-order valence-corrected chi connectivity index (χ1v) is 10.3. The van der Waals surface area contributed by atoms with Crippen LogP contribution in [0.3, 0.4) is 0 Å². The van der Waals surface area contributed by atoms with Gasteiger partial charge in [0, 0.05) is 10.4 Å². The van der Waals surface area contributed by atoms with Crippen LogP contribution in [0.1, 0.15) is 34.0 Å². The van der Waals surface area contributed by atoms with Crippen LogP contribution in [0.5, 0.6) is 0 Å². The van der Waals surface area contributed by atoms with Crippen molar-refractivity contribution in [2.75, 3.05) is 0 Å². The van der Waals surface area contributed by atoms with Gasteiger partial charge in [-0.2, -0.15) is 0 Å². The highest BCUT2D eigenvalue weighted by Gasteiger charge is 2.18. The van der Waals surface area contributed by atoms with Crippen molar-refractivity contribution < 1.29 is 0 Å². The Morgan fingerprint density at radius 1 is 1.11 bits per heavy atom. The molecule has 3 aromatic heterocycles. The number of thiophene rings is 1. The number of aromatic amines is 2. The summed E-state index contributed by atoms with van der Waals surface area (Å²) in [6.45, 7) is 8.01. The van der Waals surface area contributed by atoms with Gasteiger partial charge in [-0.25, -0.2) is 9.97 Å². The van der Waals surface area contributed by atoms with Crippen LogP contribution in [0.15, 0.2) is 34.2 Å². The Balaban J connectivity index is 1.59. The second-order valence-corrected chi connectivity index (χ2v) is 9.02. The molecule has 8 heteroatoms. The van der Waals surface area contributed by atoms with Crippen LogP contribution >= 0.6 is 23.1 Å². The van der Waals surface area contributed by atoms with E-state index in [1.165, 1.54) is 17.3 Å². The molecule has 4 rings (SSSR count). The minimum Gasteiger partial charge on any atom is -0.309 e. The summed E-state index contributed by atoms with van der Waals surface area (Å²) in [7, 11) is 0. The van der Waals surface area contributed by atoms with Gasteiger partial charge in [0.05, 0.1) is 10.6 Å². The monoisotopic (exact) mass is 397 g/mol. The number of hydrogen-bond donors (Lipinski definition) is 2. The maximum Gasteiger partial charge on any atom is 0.259 e. The molecular formula is C19H19N5OS2. The van der Waals surface area contributed by atoms with Crippen LogP contribution < -0.4 is 5.56 Å². The number of fused-ring (bicyclic) bond motifs is 1. The quantitative estimate of drug-likeness (QED) is 0.493. The fraction of sp³-hybridized carbons (Fsp3) is 0.263. The van der Waals surface area contributed by atoms with E-state index in [9.17, 15) is 4.79 Å². The van der Waals surface area contributed by atoms with Crippen LogP contribution in [-0.2, 0) is 0 Å². The Kier molecular flexibility index (Phi) is 4.61. The van der Waals surface area contributed by atoms with Gasteiger partial charge in [0.2, 0.25) is 5.16 Å². The van der Waals surface area contributed by atoms with Gasteiger partial charge in [-0.05, 0) is 33.3 Å². The summed E-state index contributed by atoms with van der Waals surface area (Å²) in [4.78, 5) is 26.5. The average molecular weight is 398 g/mol. The number of nitrogens with zero attached hydrogens (tertiary/aromatic N) is 3. The normalized spacial score (nSPS) is 12.6. The minimum atomic E-state index is -0.0837. The van der Waals surface area contributed by atoms with Crippen molar-refractivity contribution in [2.45, 2.75) is 38.1 Å². The number of aryl methyl sites for hydroxylation is 3. The average Bonchev–Trinajstić information content (AvgIpc) is 3.20. The highest BCUT2D eigenvalue weighted by atomic mass is 32.2. The van der Waals surface area contributed by atoms with Crippen LogP contribution in [0, 0.1) is 20.8 Å². The molecule has 1 unspecified atom stereocenters. The van der Waals surface area contributed by atoms with E-state index in [-0.39, 0.29) is 10.8 Å². The largest absolute Gasteiger partial charge is 0.309 e. The van der Waals surface area contributed by atoms with E-state index in [4.69, 9.17) is 0 Å². The summed E-state index contributed by atoms with van der Waals surface area (Å²) >= 11 is 3.02. The molecule has 0 fully saturated rings. The van der Waals surface area contributed by atoms with Crippen molar-refractivity contribution in [1.29, 1.82) is 0 Å². The third-order valence-corrected chi connectivity index (χ3v) is 6.59. The zero-order chi connectivity index (χ0) is 19.1. The number of nitrogens with one attached hydrogen (secondary N) is 2. The molecule has 0 aliphatic heterocycles. The van der Waals surface area contributed by atoms with Crippen molar-refractivity contribution in [3.63, 3.8) is 0 Å². The summed E-state index contributed by atoms with van der Waals surface area (Å²) in [5.41, 5.74) is 3.11. The van der Waals surface area contributed by atoms with Gasteiger partial charge in [0.1, 0.15) is 10.7 Å². The molecular weight excluding hydrogens is 378 g/mol. The van der Waals surface area contributed by atoms with Crippen LogP contribution in [-0.4, -0.2) is 25.1 Å². The Morgan fingerprint density at radius 2 is 1.85 bits per heavy atom. The summed E-state index contributed by atoms with van der Waals surface area (Å²) in [6, 6.07) is 8.12. The molecule has 27 heavy (non-hydrogen) atoms. The fourth-order valence-electron chi connectivity index (χ4n) is 2.82. The number of rotatable bonds is 4. The van der Waals surface area contributed by atoms with Gasteiger partial charge < -0.3 is 4.98 Å². The van der Waals surface area contributed by atoms with E-state index in [0.29, 0.717) is 16.4 Å². The molecule has 0 spiro atoms. The lowest BCUT2D eigenvalue weighted by molar-refractivity contribution is 0.906. The molecule has 0 aliphatic carbocycles. The molecule has 0 saturated carbocycles. The summed E-state index contributed by atoms with van der Waals surface area (Å²) in [6.07, 6.45) is 0. The molecule has 3 heterocycles.